The van der Waals surface area contributed by atoms with E-state index in [9.17, 15) is 4.79 Å². The van der Waals surface area contributed by atoms with E-state index >= 15 is 0 Å². The minimum atomic E-state index is -0.208. The van der Waals surface area contributed by atoms with Crippen LogP contribution in [0.15, 0.2) is 41.2 Å². The Morgan fingerprint density at radius 2 is 1.57 bits per heavy atom. The maximum absolute atomic E-state index is 11.4. The van der Waals surface area contributed by atoms with E-state index in [1.54, 1.807) is 6.07 Å². The lowest BCUT2D eigenvalue weighted by Gasteiger charge is -2.22. The van der Waals surface area contributed by atoms with E-state index < -0.39 is 0 Å². The zero-order valence-corrected chi connectivity index (χ0v) is 13.6. The lowest BCUT2D eigenvalue weighted by atomic mass is 9.84. The third kappa shape index (κ3) is 2.81. The molecule has 2 aromatic carbocycles. The largest absolute Gasteiger partial charge is 0.323 e. The SMILES string of the molecule is O=c1[nH]c2cc(Cl)c(-c3ccc(C4CCCCC4)cc3)cc2[nH]1. The van der Waals surface area contributed by atoms with Gasteiger partial charge in [-0.3, -0.25) is 0 Å². The van der Waals surface area contributed by atoms with Gasteiger partial charge in [0.15, 0.2) is 0 Å². The molecule has 0 atom stereocenters. The molecule has 3 aromatic rings. The monoisotopic (exact) mass is 326 g/mol. The van der Waals surface area contributed by atoms with Gasteiger partial charge in [-0.1, -0.05) is 55.1 Å². The van der Waals surface area contributed by atoms with Gasteiger partial charge in [-0.05, 0) is 42.0 Å². The van der Waals surface area contributed by atoms with Crippen molar-refractivity contribution in [1.82, 2.24) is 9.97 Å². The average molecular weight is 327 g/mol. The van der Waals surface area contributed by atoms with Gasteiger partial charge in [-0.15, -0.1) is 0 Å². The first-order chi connectivity index (χ1) is 11.2. The smallest absolute Gasteiger partial charge is 0.306 e. The fourth-order valence-electron chi connectivity index (χ4n) is 3.65. The summed E-state index contributed by atoms with van der Waals surface area (Å²) in [5, 5.41) is 0.651. The summed E-state index contributed by atoms with van der Waals surface area (Å²) < 4.78 is 0. The molecule has 4 rings (SSSR count). The second-order valence-corrected chi connectivity index (χ2v) is 6.82. The quantitative estimate of drug-likeness (QED) is 0.666. The van der Waals surface area contributed by atoms with Crippen molar-refractivity contribution < 1.29 is 0 Å². The molecule has 4 heteroatoms. The van der Waals surface area contributed by atoms with Crippen LogP contribution in [0.5, 0.6) is 0 Å². The molecule has 3 nitrogen and oxygen atoms in total. The van der Waals surface area contributed by atoms with Crippen LogP contribution in [0.4, 0.5) is 0 Å². The van der Waals surface area contributed by atoms with Crippen LogP contribution in [0.2, 0.25) is 5.02 Å². The molecular formula is C19H19ClN2O. The number of aromatic nitrogens is 2. The number of H-pyrrole nitrogens is 2. The van der Waals surface area contributed by atoms with Crippen LogP contribution in [0.25, 0.3) is 22.2 Å². The topological polar surface area (TPSA) is 48.6 Å². The van der Waals surface area contributed by atoms with Crippen molar-refractivity contribution in [2.75, 3.05) is 0 Å². The van der Waals surface area contributed by atoms with E-state index in [0.717, 1.165) is 22.2 Å². The van der Waals surface area contributed by atoms with Crippen LogP contribution in [-0.2, 0) is 0 Å². The van der Waals surface area contributed by atoms with Crippen molar-refractivity contribution in [1.29, 1.82) is 0 Å². The van der Waals surface area contributed by atoms with Gasteiger partial charge in [-0.2, -0.15) is 0 Å². The van der Waals surface area contributed by atoms with Gasteiger partial charge >= 0.3 is 5.69 Å². The first kappa shape index (κ1) is 14.6. The number of hydrogen-bond acceptors (Lipinski definition) is 1. The van der Waals surface area contributed by atoms with Crippen LogP contribution in [0.1, 0.15) is 43.6 Å². The van der Waals surface area contributed by atoms with Gasteiger partial charge in [0.1, 0.15) is 0 Å². The third-order valence-electron chi connectivity index (χ3n) is 4.90. The van der Waals surface area contributed by atoms with Gasteiger partial charge in [0.25, 0.3) is 0 Å². The van der Waals surface area contributed by atoms with E-state index in [4.69, 9.17) is 11.6 Å². The fourth-order valence-corrected chi connectivity index (χ4v) is 3.92. The molecule has 1 aliphatic carbocycles. The molecule has 0 bridgehead atoms. The highest BCUT2D eigenvalue weighted by molar-refractivity contribution is 6.34. The minimum Gasteiger partial charge on any atom is -0.306 e. The normalized spacial score (nSPS) is 16.0. The second kappa shape index (κ2) is 5.89. The minimum absolute atomic E-state index is 0.208. The summed E-state index contributed by atoms with van der Waals surface area (Å²) in [6.45, 7) is 0. The predicted octanol–water partition coefficient (Wildman–Crippen LogP) is 5.22. The molecule has 1 aromatic heterocycles. The van der Waals surface area contributed by atoms with Crippen molar-refractivity contribution in [3.8, 4) is 11.1 Å². The van der Waals surface area contributed by atoms with E-state index in [1.165, 1.54) is 37.7 Å². The molecule has 1 fully saturated rings. The maximum atomic E-state index is 11.4. The van der Waals surface area contributed by atoms with Crippen LogP contribution >= 0.6 is 11.6 Å². The summed E-state index contributed by atoms with van der Waals surface area (Å²) in [5.41, 5.74) is 4.78. The van der Waals surface area contributed by atoms with Gasteiger partial charge in [0.05, 0.1) is 16.1 Å². The maximum Gasteiger partial charge on any atom is 0.323 e. The Labute approximate surface area is 139 Å². The van der Waals surface area contributed by atoms with Crippen LogP contribution < -0.4 is 5.69 Å². The molecular weight excluding hydrogens is 308 g/mol. The molecule has 1 heterocycles. The molecule has 23 heavy (non-hydrogen) atoms. The van der Waals surface area contributed by atoms with E-state index in [0.29, 0.717) is 10.9 Å². The fraction of sp³-hybridized carbons (Fsp3) is 0.316. The Morgan fingerprint density at radius 1 is 0.913 bits per heavy atom. The lowest BCUT2D eigenvalue weighted by Crippen LogP contribution is -2.04. The number of fused-ring (bicyclic) bond motifs is 1. The zero-order valence-electron chi connectivity index (χ0n) is 12.9. The Balaban J connectivity index is 1.69. The Kier molecular flexibility index (Phi) is 3.74. The van der Waals surface area contributed by atoms with Gasteiger partial charge < -0.3 is 9.97 Å². The van der Waals surface area contributed by atoms with Crippen molar-refractivity contribution >= 4 is 22.6 Å². The Bertz CT molecular complexity index is 886. The number of benzene rings is 2. The van der Waals surface area contributed by atoms with Crippen molar-refractivity contribution in [2.24, 2.45) is 0 Å². The number of halogens is 1. The molecule has 0 saturated heterocycles. The number of imidazole rings is 1. The molecule has 0 aliphatic heterocycles. The number of rotatable bonds is 2. The average Bonchev–Trinajstić information content (AvgIpc) is 2.94. The molecule has 0 unspecified atom stereocenters. The highest BCUT2D eigenvalue weighted by atomic mass is 35.5. The molecule has 0 amide bonds. The summed E-state index contributed by atoms with van der Waals surface area (Å²) in [7, 11) is 0. The second-order valence-electron chi connectivity index (χ2n) is 6.41. The number of hydrogen-bond donors (Lipinski definition) is 2. The van der Waals surface area contributed by atoms with Gasteiger partial charge in [-0.25, -0.2) is 4.79 Å². The van der Waals surface area contributed by atoms with E-state index in [2.05, 4.69) is 34.2 Å². The summed E-state index contributed by atoms with van der Waals surface area (Å²) in [6.07, 6.45) is 6.66. The number of aromatic amines is 2. The molecule has 1 saturated carbocycles. The molecule has 118 valence electrons. The molecule has 0 spiro atoms. The molecule has 1 aliphatic rings. The molecule has 0 radical (unpaired) electrons. The van der Waals surface area contributed by atoms with Crippen LogP contribution in [0, 0.1) is 0 Å². The standard InChI is InChI=1S/C19H19ClN2O/c20-16-11-18-17(21-19(23)22-18)10-15(16)14-8-6-13(7-9-14)12-4-2-1-3-5-12/h6-12H,1-5H2,(H2,21,22,23). The summed E-state index contributed by atoms with van der Waals surface area (Å²) in [4.78, 5) is 16.9. The van der Waals surface area contributed by atoms with Gasteiger partial charge in [0, 0.05) is 5.56 Å². The summed E-state index contributed by atoms with van der Waals surface area (Å²) in [6, 6.07) is 12.5. The van der Waals surface area contributed by atoms with E-state index in [-0.39, 0.29) is 5.69 Å². The van der Waals surface area contributed by atoms with E-state index in [1.807, 2.05) is 6.07 Å². The lowest BCUT2D eigenvalue weighted by molar-refractivity contribution is 0.443. The highest BCUT2D eigenvalue weighted by Crippen LogP contribution is 2.35. The van der Waals surface area contributed by atoms with Crippen LogP contribution in [-0.4, -0.2) is 9.97 Å². The number of nitrogens with one attached hydrogen (secondary N) is 2. The third-order valence-corrected chi connectivity index (χ3v) is 5.21. The predicted molar refractivity (Wildman–Crippen MR) is 95.2 cm³/mol. The Hall–Kier alpha value is -2.00. The van der Waals surface area contributed by atoms with Crippen LogP contribution in [0.3, 0.4) is 0 Å². The van der Waals surface area contributed by atoms with Gasteiger partial charge in [0.2, 0.25) is 0 Å². The highest BCUT2D eigenvalue weighted by Gasteiger charge is 2.15. The van der Waals surface area contributed by atoms with Crippen molar-refractivity contribution in [3.05, 3.63) is 57.5 Å². The Morgan fingerprint density at radius 3 is 2.26 bits per heavy atom. The van der Waals surface area contributed by atoms with Crippen molar-refractivity contribution in [2.45, 2.75) is 38.0 Å². The first-order valence-corrected chi connectivity index (χ1v) is 8.60. The summed E-state index contributed by atoms with van der Waals surface area (Å²) >= 11 is 6.40. The zero-order chi connectivity index (χ0) is 15.8. The molecule has 2 N–H and O–H groups in total. The first-order valence-electron chi connectivity index (χ1n) is 8.22. The summed E-state index contributed by atoms with van der Waals surface area (Å²) in [5.74, 6) is 0.705. The van der Waals surface area contributed by atoms with Crippen molar-refractivity contribution in [3.63, 3.8) is 0 Å².